The predicted octanol–water partition coefficient (Wildman–Crippen LogP) is 3.75. The van der Waals surface area contributed by atoms with Crippen LogP contribution in [0.3, 0.4) is 0 Å². The third-order valence-electron chi connectivity index (χ3n) is 3.18. The van der Waals surface area contributed by atoms with E-state index in [1.807, 2.05) is 35.0 Å². The Kier molecular flexibility index (Phi) is 6.39. The maximum Gasteiger partial charge on any atom is 0.200 e. The third-order valence-corrected chi connectivity index (χ3v) is 3.18. The predicted molar refractivity (Wildman–Crippen MR) is 85.4 cm³/mol. The minimum atomic E-state index is 0. The van der Waals surface area contributed by atoms with Crippen molar-refractivity contribution in [3.05, 3.63) is 30.5 Å². The lowest BCUT2D eigenvalue weighted by molar-refractivity contribution is 0.415. The summed E-state index contributed by atoms with van der Waals surface area (Å²) in [5.74, 6) is 1.41. The zero-order valence-electron chi connectivity index (χ0n) is 12.0. The van der Waals surface area contributed by atoms with Crippen molar-refractivity contribution in [3.63, 3.8) is 0 Å². The molecule has 0 aliphatic heterocycles. The highest BCUT2D eigenvalue weighted by molar-refractivity contribution is 5.85. The van der Waals surface area contributed by atoms with Gasteiger partial charge in [-0.05, 0) is 18.6 Å². The van der Waals surface area contributed by atoms with Crippen molar-refractivity contribution in [3.8, 4) is 17.0 Å². The van der Waals surface area contributed by atoms with Crippen molar-refractivity contribution in [1.29, 1.82) is 0 Å². The van der Waals surface area contributed by atoms with E-state index < -0.39 is 0 Å². The van der Waals surface area contributed by atoms with Gasteiger partial charge in [0, 0.05) is 18.3 Å². The van der Waals surface area contributed by atoms with Crippen LogP contribution in [0.5, 0.6) is 5.75 Å². The normalized spacial score (nSPS) is 10.1. The lowest BCUT2D eigenvalue weighted by atomic mass is 10.1. The van der Waals surface area contributed by atoms with Gasteiger partial charge in [0.15, 0.2) is 0 Å². The molecule has 110 valence electrons. The van der Waals surface area contributed by atoms with E-state index in [1.54, 1.807) is 7.11 Å². The first kappa shape index (κ1) is 16.4. The van der Waals surface area contributed by atoms with Gasteiger partial charge in [-0.2, -0.15) is 0 Å². The highest BCUT2D eigenvalue weighted by Crippen LogP contribution is 2.24. The molecule has 1 aromatic heterocycles. The average molecular weight is 296 g/mol. The molecule has 0 aliphatic carbocycles. The molecule has 5 heteroatoms. The van der Waals surface area contributed by atoms with Crippen LogP contribution in [0.4, 0.5) is 5.95 Å². The van der Waals surface area contributed by atoms with Crippen molar-refractivity contribution >= 4 is 18.4 Å². The summed E-state index contributed by atoms with van der Waals surface area (Å²) in [6.45, 7) is 3.12. The fraction of sp³-hybridized carbons (Fsp3) is 0.400. The number of unbranched alkanes of at least 4 members (excludes halogenated alkanes) is 2. The van der Waals surface area contributed by atoms with Gasteiger partial charge in [0.05, 0.1) is 12.8 Å². The molecular weight excluding hydrogens is 274 g/mol. The van der Waals surface area contributed by atoms with Gasteiger partial charge >= 0.3 is 0 Å². The van der Waals surface area contributed by atoms with Crippen molar-refractivity contribution in [2.75, 3.05) is 12.8 Å². The van der Waals surface area contributed by atoms with E-state index in [1.165, 1.54) is 12.8 Å². The Labute approximate surface area is 126 Å². The molecule has 0 amide bonds. The van der Waals surface area contributed by atoms with Gasteiger partial charge in [-0.3, -0.25) is 0 Å². The Morgan fingerprint density at radius 3 is 2.80 bits per heavy atom. The van der Waals surface area contributed by atoms with Crippen molar-refractivity contribution in [1.82, 2.24) is 9.55 Å². The molecule has 1 aromatic carbocycles. The van der Waals surface area contributed by atoms with Crippen LogP contribution in [0.15, 0.2) is 30.5 Å². The Morgan fingerprint density at radius 2 is 2.10 bits per heavy atom. The van der Waals surface area contributed by atoms with Gasteiger partial charge in [-0.25, -0.2) is 4.98 Å². The molecule has 0 saturated carbocycles. The largest absolute Gasteiger partial charge is 0.497 e. The first-order valence-corrected chi connectivity index (χ1v) is 6.71. The monoisotopic (exact) mass is 295 g/mol. The van der Waals surface area contributed by atoms with E-state index in [4.69, 9.17) is 10.5 Å². The summed E-state index contributed by atoms with van der Waals surface area (Å²) < 4.78 is 7.25. The van der Waals surface area contributed by atoms with Crippen molar-refractivity contribution in [2.45, 2.75) is 32.7 Å². The Bertz CT molecular complexity index is 540. The smallest absolute Gasteiger partial charge is 0.200 e. The van der Waals surface area contributed by atoms with Crippen LogP contribution in [-0.4, -0.2) is 16.7 Å². The van der Waals surface area contributed by atoms with Gasteiger partial charge in [0.25, 0.3) is 0 Å². The van der Waals surface area contributed by atoms with E-state index in [-0.39, 0.29) is 12.4 Å². The molecule has 2 N–H and O–H groups in total. The van der Waals surface area contributed by atoms with E-state index in [0.717, 1.165) is 30.0 Å². The fourth-order valence-electron chi connectivity index (χ4n) is 2.06. The number of hydrogen-bond acceptors (Lipinski definition) is 3. The average Bonchev–Trinajstić information content (AvgIpc) is 2.81. The molecule has 1 heterocycles. The summed E-state index contributed by atoms with van der Waals surface area (Å²) in [6.07, 6.45) is 5.57. The van der Waals surface area contributed by atoms with Crippen LogP contribution in [0.25, 0.3) is 11.3 Å². The summed E-state index contributed by atoms with van der Waals surface area (Å²) >= 11 is 0. The first-order chi connectivity index (χ1) is 9.24. The standard InChI is InChI=1S/C15H21N3O.ClH/c1-3-4-5-9-18-11-14(17-15(18)16)12-7-6-8-13(10-12)19-2;/h6-8,10-11H,3-5,9H2,1-2H3,(H2,16,17);1H. The molecule has 0 saturated heterocycles. The highest BCUT2D eigenvalue weighted by Gasteiger charge is 2.07. The lowest BCUT2D eigenvalue weighted by Crippen LogP contribution is -2.02. The number of ether oxygens (including phenoxy) is 1. The number of imidazole rings is 1. The molecule has 2 rings (SSSR count). The van der Waals surface area contributed by atoms with Crippen molar-refractivity contribution in [2.24, 2.45) is 0 Å². The summed E-state index contributed by atoms with van der Waals surface area (Å²) in [4.78, 5) is 4.42. The molecule has 0 aliphatic rings. The second-order valence-electron chi connectivity index (χ2n) is 4.62. The van der Waals surface area contributed by atoms with Crippen LogP contribution in [0.2, 0.25) is 0 Å². The molecule has 0 atom stereocenters. The molecule has 2 aromatic rings. The number of halogens is 1. The number of nitrogen functional groups attached to an aromatic ring is 1. The number of anilines is 1. The summed E-state index contributed by atoms with van der Waals surface area (Å²) in [5.41, 5.74) is 7.88. The number of benzene rings is 1. The van der Waals surface area contributed by atoms with Gasteiger partial charge < -0.3 is 15.0 Å². The number of nitrogens with zero attached hydrogens (tertiary/aromatic N) is 2. The number of hydrogen-bond donors (Lipinski definition) is 1. The van der Waals surface area contributed by atoms with E-state index >= 15 is 0 Å². The maximum absolute atomic E-state index is 5.95. The van der Waals surface area contributed by atoms with Gasteiger partial charge in [0.2, 0.25) is 5.95 Å². The van der Waals surface area contributed by atoms with Crippen molar-refractivity contribution < 1.29 is 4.74 Å². The minimum Gasteiger partial charge on any atom is -0.497 e. The fourth-order valence-corrected chi connectivity index (χ4v) is 2.06. The quantitative estimate of drug-likeness (QED) is 0.826. The SMILES string of the molecule is CCCCCn1cc(-c2cccc(OC)c2)nc1N.Cl. The van der Waals surface area contributed by atoms with Crippen LogP contribution in [-0.2, 0) is 6.54 Å². The number of aryl methyl sites for hydroxylation is 1. The minimum absolute atomic E-state index is 0. The van der Waals surface area contributed by atoms with Gasteiger partial charge in [-0.1, -0.05) is 31.9 Å². The van der Waals surface area contributed by atoms with Crippen LogP contribution >= 0.6 is 12.4 Å². The second-order valence-corrected chi connectivity index (χ2v) is 4.62. The zero-order chi connectivity index (χ0) is 13.7. The van der Waals surface area contributed by atoms with Crippen LogP contribution in [0, 0.1) is 0 Å². The highest BCUT2D eigenvalue weighted by atomic mass is 35.5. The summed E-state index contributed by atoms with van der Waals surface area (Å²) in [6, 6.07) is 7.87. The molecule has 0 spiro atoms. The summed E-state index contributed by atoms with van der Waals surface area (Å²) in [5, 5.41) is 0. The summed E-state index contributed by atoms with van der Waals surface area (Å²) in [7, 11) is 1.66. The number of aromatic nitrogens is 2. The third kappa shape index (κ3) is 3.90. The molecule has 0 radical (unpaired) electrons. The van der Waals surface area contributed by atoms with Gasteiger partial charge in [-0.15, -0.1) is 12.4 Å². The van der Waals surface area contributed by atoms with Crippen LogP contribution < -0.4 is 10.5 Å². The lowest BCUT2D eigenvalue weighted by Gasteiger charge is -2.02. The zero-order valence-corrected chi connectivity index (χ0v) is 12.8. The Balaban J connectivity index is 0.00000200. The number of nitrogens with two attached hydrogens (primary N) is 1. The van der Waals surface area contributed by atoms with Crippen LogP contribution in [0.1, 0.15) is 26.2 Å². The van der Waals surface area contributed by atoms with E-state index in [9.17, 15) is 0 Å². The number of rotatable bonds is 6. The molecule has 4 nitrogen and oxygen atoms in total. The first-order valence-electron chi connectivity index (χ1n) is 6.71. The topological polar surface area (TPSA) is 53.1 Å². The molecule has 0 unspecified atom stereocenters. The molecule has 20 heavy (non-hydrogen) atoms. The maximum atomic E-state index is 5.95. The molecule has 0 fully saturated rings. The number of methoxy groups -OCH3 is 1. The molecule has 0 bridgehead atoms. The van der Waals surface area contributed by atoms with E-state index in [0.29, 0.717) is 5.95 Å². The molecular formula is C15H22ClN3O. The Morgan fingerprint density at radius 1 is 1.30 bits per heavy atom. The van der Waals surface area contributed by atoms with E-state index in [2.05, 4.69) is 11.9 Å². The Hall–Kier alpha value is -1.68. The second kappa shape index (κ2) is 7.80. The van der Waals surface area contributed by atoms with Gasteiger partial charge in [0.1, 0.15) is 5.75 Å².